The average Bonchev–Trinajstić information content (AvgIpc) is 2.71. The van der Waals surface area contributed by atoms with E-state index in [-0.39, 0.29) is 6.61 Å². The van der Waals surface area contributed by atoms with Gasteiger partial charge in [0, 0.05) is 19.0 Å². The molecular weight excluding hydrogens is 176 g/mol. The Morgan fingerprint density at radius 3 is 2.93 bits per heavy atom. The van der Waals surface area contributed by atoms with E-state index in [1.54, 1.807) is 10.9 Å². The molecule has 3 nitrogen and oxygen atoms in total. The summed E-state index contributed by atoms with van der Waals surface area (Å²) in [5.41, 5.74) is 2.15. The van der Waals surface area contributed by atoms with Gasteiger partial charge >= 0.3 is 0 Å². The largest absolute Gasteiger partial charge is 0.396 e. The Labute approximate surface area is 82.6 Å². The molecule has 3 heteroatoms. The lowest BCUT2D eigenvalue weighted by molar-refractivity contribution is 0.299. The summed E-state index contributed by atoms with van der Waals surface area (Å²) < 4.78 is 1.81. The molecule has 0 radical (unpaired) electrons. The first-order valence-corrected chi connectivity index (χ1v) is 4.60. The van der Waals surface area contributed by atoms with Gasteiger partial charge in [-0.15, -0.1) is 0 Å². The van der Waals surface area contributed by atoms with Crippen molar-refractivity contribution in [1.82, 2.24) is 9.78 Å². The number of hydrogen-bond acceptors (Lipinski definition) is 2. The van der Waals surface area contributed by atoms with Crippen molar-refractivity contribution in [2.45, 2.75) is 6.42 Å². The molecule has 0 fully saturated rings. The molecule has 1 heterocycles. The van der Waals surface area contributed by atoms with Gasteiger partial charge in [0.2, 0.25) is 0 Å². The normalized spacial score (nSPS) is 10.4. The fourth-order valence-electron chi connectivity index (χ4n) is 1.41. The van der Waals surface area contributed by atoms with Crippen LogP contribution >= 0.6 is 0 Å². The van der Waals surface area contributed by atoms with Gasteiger partial charge in [0.15, 0.2) is 0 Å². The third-order valence-corrected chi connectivity index (χ3v) is 2.08. The van der Waals surface area contributed by atoms with Crippen molar-refractivity contribution >= 4 is 0 Å². The van der Waals surface area contributed by atoms with Crippen molar-refractivity contribution in [3.05, 3.63) is 48.3 Å². The molecule has 2 rings (SSSR count). The zero-order valence-corrected chi connectivity index (χ0v) is 7.80. The van der Waals surface area contributed by atoms with Crippen molar-refractivity contribution in [1.29, 1.82) is 0 Å². The fourth-order valence-corrected chi connectivity index (χ4v) is 1.41. The van der Waals surface area contributed by atoms with Gasteiger partial charge < -0.3 is 5.11 Å². The summed E-state index contributed by atoms with van der Waals surface area (Å²) in [6.45, 7) is 0.183. The highest BCUT2D eigenvalue weighted by molar-refractivity contribution is 5.35. The Morgan fingerprint density at radius 1 is 1.29 bits per heavy atom. The maximum absolute atomic E-state index is 8.82. The van der Waals surface area contributed by atoms with Crippen molar-refractivity contribution in [3.63, 3.8) is 0 Å². The number of rotatable bonds is 3. The predicted octanol–water partition coefficient (Wildman–Crippen LogP) is 1.41. The number of aromatic nitrogens is 2. The molecule has 0 unspecified atom stereocenters. The lowest BCUT2D eigenvalue weighted by Crippen LogP contribution is -1.96. The highest BCUT2D eigenvalue weighted by atomic mass is 16.2. The summed E-state index contributed by atoms with van der Waals surface area (Å²) in [4.78, 5) is 0. The maximum atomic E-state index is 8.82. The highest BCUT2D eigenvalue weighted by Gasteiger charge is 1.97. The maximum Gasteiger partial charge on any atom is 0.0648 e. The molecule has 1 aromatic carbocycles. The number of aliphatic hydroxyl groups excluding tert-OH is 1. The van der Waals surface area contributed by atoms with Crippen molar-refractivity contribution in [2.24, 2.45) is 0 Å². The first-order chi connectivity index (χ1) is 6.90. The van der Waals surface area contributed by atoms with Crippen LogP contribution < -0.4 is 0 Å². The third-order valence-electron chi connectivity index (χ3n) is 2.08. The minimum absolute atomic E-state index is 0.183. The second kappa shape index (κ2) is 4.07. The van der Waals surface area contributed by atoms with Gasteiger partial charge in [-0.2, -0.15) is 5.10 Å². The van der Waals surface area contributed by atoms with Gasteiger partial charge in [-0.1, -0.05) is 12.1 Å². The molecular formula is C11H12N2O. The van der Waals surface area contributed by atoms with E-state index in [0.29, 0.717) is 6.42 Å². The van der Waals surface area contributed by atoms with E-state index in [4.69, 9.17) is 5.11 Å². The lowest BCUT2D eigenvalue weighted by atomic mass is 10.1. The molecule has 0 aliphatic heterocycles. The van der Waals surface area contributed by atoms with E-state index in [9.17, 15) is 0 Å². The Bertz CT molecular complexity index is 395. The molecule has 0 saturated carbocycles. The second-order valence-electron chi connectivity index (χ2n) is 3.09. The zero-order valence-electron chi connectivity index (χ0n) is 7.80. The van der Waals surface area contributed by atoms with E-state index in [2.05, 4.69) is 5.10 Å². The molecule has 1 aromatic heterocycles. The molecule has 0 saturated heterocycles. The first kappa shape index (κ1) is 8.97. The van der Waals surface area contributed by atoms with Crippen LogP contribution in [0.15, 0.2) is 42.7 Å². The molecule has 0 amide bonds. The van der Waals surface area contributed by atoms with E-state index in [0.717, 1.165) is 11.3 Å². The Morgan fingerprint density at radius 2 is 2.21 bits per heavy atom. The van der Waals surface area contributed by atoms with E-state index in [1.165, 1.54) is 0 Å². The Hall–Kier alpha value is -1.61. The predicted molar refractivity (Wildman–Crippen MR) is 54.4 cm³/mol. The average molecular weight is 188 g/mol. The molecule has 0 aliphatic carbocycles. The van der Waals surface area contributed by atoms with Crippen LogP contribution in [0.1, 0.15) is 5.56 Å². The molecule has 0 atom stereocenters. The van der Waals surface area contributed by atoms with E-state index in [1.807, 2.05) is 36.5 Å². The van der Waals surface area contributed by atoms with Crippen LogP contribution in [0, 0.1) is 0 Å². The molecule has 2 aromatic rings. The van der Waals surface area contributed by atoms with Crippen LogP contribution in [-0.2, 0) is 6.42 Å². The van der Waals surface area contributed by atoms with Crippen molar-refractivity contribution in [2.75, 3.05) is 6.61 Å². The Balaban J connectivity index is 2.31. The zero-order chi connectivity index (χ0) is 9.80. The molecule has 14 heavy (non-hydrogen) atoms. The summed E-state index contributed by atoms with van der Waals surface area (Å²) in [7, 11) is 0. The van der Waals surface area contributed by atoms with E-state index >= 15 is 0 Å². The summed E-state index contributed by atoms with van der Waals surface area (Å²) in [6, 6.07) is 9.89. The van der Waals surface area contributed by atoms with Gasteiger partial charge in [0.25, 0.3) is 0 Å². The van der Waals surface area contributed by atoms with Gasteiger partial charge in [0.05, 0.1) is 5.69 Å². The molecule has 0 bridgehead atoms. The van der Waals surface area contributed by atoms with Crippen LogP contribution in [0.3, 0.4) is 0 Å². The van der Waals surface area contributed by atoms with Crippen LogP contribution in [0.4, 0.5) is 0 Å². The van der Waals surface area contributed by atoms with Gasteiger partial charge in [-0.3, -0.25) is 0 Å². The van der Waals surface area contributed by atoms with Crippen LogP contribution in [0.5, 0.6) is 0 Å². The summed E-state index contributed by atoms with van der Waals surface area (Å²) in [6.07, 6.45) is 4.34. The van der Waals surface area contributed by atoms with Crippen molar-refractivity contribution < 1.29 is 5.11 Å². The third kappa shape index (κ3) is 1.83. The number of benzene rings is 1. The van der Waals surface area contributed by atoms with Gasteiger partial charge in [-0.25, -0.2) is 4.68 Å². The molecule has 72 valence electrons. The van der Waals surface area contributed by atoms with Gasteiger partial charge in [0.1, 0.15) is 0 Å². The summed E-state index contributed by atoms with van der Waals surface area (Å²) >= 11 is 0. The monoisotopic (exact) mass is 188 g/mol. The second-order valence-corrected chi connectivity index (χ2v) is 3.09. The van der Waals surface area contributed by atoms with Crippen LogP contribution in [-0.4, -0.2) is 21.5 Å². The number of aliphatic hydroxyl groups is 1. The topological polar surface area (TPSA) is 38.0 Å². The van der Waals surface area contributed by atoms with E-state index < -0.39 is 0 Å². The first-order valence-electron chi connectivity index (χ1n) is 4.60. The minimum Gasteiger partial charge on any atom is -0.396 e. The van der Waals surface area contributed by atoms with Crippen LogP contribution in [0.25, 0.3) is 5.69 Å². The quantitative estimate of drug-likeness (QED) is 0.790. The van der Waals surface area contributed by atoms with Crippen LogP contribution in [0.2, 0.25) is 0 Å². The molecule has 0 spiro atoms. The standard InChI is InChI=1S/C11H12N2O/c14-8-5-10-3-1-4-11(9-10)13-7-2-6-12-13/h1-4,6-7,9,14H,5,8H2. The number of hydrogen-bond donors (Lipinski definition) is 1. The SMILES string of the molecule is OCCc1cccc(-n2cccn2)c1. The summed E-state index contributed by atoms with van der Waals surface area (Å²) in [5.74, 6) is 0. The lowest BCUT2D eigenvalue weighted by Gasteiger charge is -2.03. The molecule has 0 aliphatic rings. The fraction of sp³-hybridized carbons (Fsp3) is 0.182. The molecule has 1 N–H and O–H groups in total. The Kier molecular flexibility index (Phi) is 2.60. The minimum atomic E-state index is 0.183. The smallest absolute Gasteiger partial charge is 0.0648 e. The highest BCUT2D eigenvalue weighted by Crippen LogP contribution is 2.09. The number of nitrogens with zero attached hydrogens (tertiary/aromatic N) is 2. The summed E-state index contributed by atoms with van der Waals surface area (Å²) in [5, 5.41) is 13.0. The van der Waals surface area contributed by atoms with Crippen molar-refractivity contribution in [3.8, 4) is 5.69 Å². The van der Waals surface area contributed by atoms with Gasteiger partial charge in [-0.05, 0) is 30.2 Å².